The first-order chi connectivity index (χ1) is 13.0. The van der Waals surface area contributed by atoms with Gasteiger partial charge < -0.3 is 10.1 Å². The van der Waals surface area contributed by atoms with Gasteiger partial charge in [0.05, 0.1) is 19.1 Å². The summed E-state index contributed by atoms with van der Waals surface area (Å²) in [7, 11) is -2.18. The van der Waals surface area contributed by atoms with E-state index in [-0.39, 0.29) is 5.91 Å². The van der Waals surface area contributed by atoms with Crippen molar-refractivity contribution in [3.63, 3.8) is 0 Å². The van der Waals surface area contributed by atoms with Gasteiger partial charge in [-0.15, -0.1) is 0 Å². The van der Waals surface area contributed by atoms with Crippen LogP contribution in [0, 0.1) is 0 Å². The highest BCUT2D eigenvalue weighted by molar-refractivity contribution is 7.92. The Balaban J connectivity index is 2.23. The zero-order valence-corrected chi connectivity index (χ0v) is 17.8. The molecule has 1 amide bonds. The van der Waals surface area contributed by atoms with E-state index in [4.69, 9.17) is 4.74 Å². The lowest BCUT2D eigenvalue weighted by Gasteiger charge is -2.33. The van der Waals surface area contributed by atoms with Crippen LogP contribution in [0.15, 0.2) is 54.6 Å². The van der Waals surface area contributed by atoms with Gasteiger partial charge in [0.25, 0.3) is 0 Å². The number of nitrogens with one attached hydrogen (secondary N) is 1. The van der Waals surface area contributed by atoms with Crippen LogP contribution in [0.3, 0.4) is 0 Å². The zero-order chi connectivity index (χ0) is 20.9. The van der Waals surface area contributed by atoms with Crippen molar-refractivity contribution in [1.29, 1.82) is 0 Å². The van der Waals surface area contributed by atoms with E-state index in [1.54, 1.807) is 31.2 Å². The maximum absolute atomic E-state index is 12.9. The Hall–Kier alpha value is -2.54. The third-order valence-corrected chi connectivity index (χ3v) is 5.59. The number of nitrogens with zero attached hydrogens (tertiary/aromatic N) is 1. The first kappa shape index (κ1) is 21.8. The van der Waals surface area contributed by atoms with Crippen LogP contribution >= 0.6 is 0 Å². The van der Waals surface area contributed by atoms with Crippen molar-refractivity contribution < 1.29 is 17.9 Å². The summed E-state index contributed by atoms with van der Waals surface area (Å²) >= 11 is 0. The zero-order valence-electron chi connectivity index (χ0n) is 17.0. The highest BCUT2D eigenvalue weighted by Crippen LogP contribution is 2.25. The molecule has 0 spiro atoms. The summed E-state index contributed by atoms with van der Waals surface area (Å²) in [6.45, 7) is 5.41. The summed E-state index contributed by atoms with van der Waals surface area (Å²) in [6.07, 6.45) is 1.72. The van der Waals surface area contributed by atoms with E-state index in [0.29, 0.717) is 17.9 Å². The summed E-state index contributed by atoms with van der Waals surface area (Å²) in [5.74, 6) is 0.150. The number of rotatable bonds is 8. The molecule has 0 saturated carbocycles. The average Bonchev–Trinajstić information content (AvgIpc) is 2.60. The lowest BCUT2D eigenvalue weighted by molar-refractivity contribution is -0.123. The molecule has 6 nitrogen and oxygen atoms in total. The van der Waals surface area contributed by atoms with Crippen molar-refractivity contribution >= 4 is 21.6 Å². The van der Waals surface area contributed by atoms with Gasteiger partial charge in [0.15, 0.2) is 0 Å². The summed E-state index contributed by atoms with van der Waals surface area (Å²) in [5, 5.41) is 2.98. The smallest absolute Gasteiger partial charge is 0.244 e. The topological polar surface area (TPSA) is 75.7 Å². The molecule has 28 heavy (non-hydrogen) atoms. The number of amides is 1. The van der Waals surface area contributed by atoms with Gasteiger partial charge in [0.1, 0.15) is 11.8 Å². The third kappa shape index (κ3) is 5.73. The first-order valence-electron chi connectivity index (χ1n) is 9.03. The van der Waals surface area contributed by atoms with Gasteiger partial charge in [-0.05, 0) is 44.9 Å². The maximum atomic E-state index is 12.9. The van der Waals surface area contributed by atoms with Crippen molar-refractivity contribution in [2.45, 2.75) is 38.8 Å². The predicted octanol–water partition coefficient (Wildman–Crippen LogP) is 2.99. The van der Waals surface area contributed by atoms with Crippen molar-refractivity contribution in [2.75, 3.05) is 17.7 Å². The van der Waals surface area contributed by atoms with Crippen molar-refractivity contribution in [1.82, 2.24) is 5.32 Å². The van der Waals surface area contributed by atoms with Gasteiger partial charge >= 0.3 is 0 Å². The quantitative estimate of drug-likeness (QED) is 0.734. The van der Waals surface area contributed by atoms with Gasteiger partial charge in [-0.3, -0.25) is 9.10 Å². The molecule has 0 aliphatic heterocycles. The molecule has 0 saturated heterocycles. The fraction of sp³-hybridized carbons (Fsp3) is 0.381. The monoisotopic (exact) mass is 404 g/mol. The first-order valence-corrected chi connectivity index (χ1v) is 10.9. The molecule has 1 N–H and O–H groups in total. The van der Waals surface area contributed by atoms with Gasteiger partial charge in [-0.25, -0.2) is 8.42 Å². The van der Waals surface area contributed by atoms with Crippen LogP contribution in [0.4, 0.5) is 5.69 Å². The number of hydrogen-bond donors (Lipinski definition) is 1. The number of hydrogen-bond acceptors (Lipinski definition) is 4. The Morgan fingerprint density at radius 3 is 2.36 bits per heavy atom. The second kappa shape index (κ2) is 8.65. The van der Waals surface area contributed by atoms with E-state index in [0.717, 1.165) is 16.1 Å². The standard InChI is InChI=1S/C21H28N2O4S/c1-16(20(24)22-21(2,3)15-17-10-7-6-8-11-17)23(28(5,25)26)18-12-9-13-19(14-18)27-4/h6-14,16H,15H2,1-5H3,(H,22,24)/t16-/m0/s1. The minimum atomic E-state index is -3.68. The molecule has 7 heteroatoms. The lowest BCUT2D eigenvalue weighted by atomic mass is 9.94. The highest BCUT2D eigenvalue weighted by atomic mass is 32.2. The lowest BCUT2D eigenvalue weighted by Crippen LogP contribution is -2.54. The molecule has 0 heterocycles. The summed E-state index contributed by atoms with van der Waals surface area (Å²) in [6, 6.07) is 15.6. The van der Waals surface area contributed by atoms with Gasteiger partial charge in [0.2, 0.25) is 15.9 Å². The van der Waals surface area contributed by atoms with E-state index >= 15 is 0 Å². The SMILES string of the molecule is COc1cccc(N([C@@H](C)C(=O)NC(C)(C)Cc2ccccc2)S(C)(=O)=O)c1. The molecule has 0 fully saturated rings. The highest BCUT2D eigenvalue weighted by Gasteiger charge is 2.32. The van der Waals surface area contributed by atoms with Crippen LogP contribution in [0.25, 0.3) is 0 Å². The molecular weight excluding hydrogens is 376 g/mol. The Labute approximate surface area is 167 Å². The summed E-state index contributed by atoms with van der Waals surface area (Å²) < 4.78 is 31.2. The fourth-order valence-electron chi connectivity index (χ4n) is 3.14. The van der Waals surface area contributed by atoms with Crippen LogP contribution in [-0.4, -0.2) is 39.3 Å². The molecule has 0 aliphatic carbocycles. The van der Waals surface area contributed by atoms with Crippen LogP contribution in [-0.2, 0) is 21.2 Å². The molecule has 0 aromatic heterocycles. The normalized spacial score (nSPS) is 12.9. The molecule has 0 radical (unpaired) electrons. The molecular formula is C21H28N2O4S. The number of sulfonamides is 1. The average molecular weight is 405 g/mol. The molecule has 1 atom stereocenters. The Morgan fingerprint density at radius 2 is 1.79 bits per heavy atom. The Morgan fingerprint density at radius 1 is 1.14 bits per heavy atom. The van der Waals surface area contributed by atoms with Crippen LogP contribution < -0.4 is 14.4 Å². The van der Waals surface area contributed by atoms with Crippen LogP contribution in [0.5, 0.6) is 5.75 Å². The fourth-order valence-corrected chi connectivity index (χ4v) is 4.31. The largest absolute Gasteiger partial charge is 0.497 e. The van der Waals surface area contributed by atoms with E-state index in [2.05, 4.69) is 5.32 Å². The Kier molecular flexibility index (Phi) is 6.72. The predicted molar refractivity (Wildman–Crippen MR) is 112 cm³/mol. The van der Waals surface area contributed by atoms with Crippen molar-refractivity contribution in [3.8, 4) is 5.75 Å². The number of methoxy groups -OCH3 is 1. The third-order valence-electron chi connectivity index (χ3n) is 4.35. The number of carbonyl (C=O) groups excluding carboxylic acids is 1. The van der Waals surface area contributed by atoms with E-state index in [9.17, 15) is 13.2 Å². The van der Waals surface area contributed by atoms with Crippen molar-refractivity contribution in [2.24, 2.45) is 0 Å². The van der Waals surface area contributed by atoms with E-state index < -0.39 is 21.6 Å². The van der Waals surface area contributed by atoms with Crippen LogP contribution in [0.2, 0.25) is 0 Å². The summed E-state index contributed by atoms with van der Waals surface area (Å²) in [5.41, 5.74) is 0.933. The number of anilines is 1. The molecule has 0 bridgehead atoms. The molecule has 152 valence electrons. The molecule has 2 rings (SSSR count). The Bertz CT molecular complexity index is 911. The van der Waals surface area contributed by atoms with E-state index in [1.807, 2.05) is 44.2 Å². The van der Waals surface area contributed by atoms with Crippen molar-refractivity contribution in [3.05, 3.63) is 60.2 Å². The minimum absolute atomic E-state index is 0.367. The van der Waals surface area contributed by atoms with Crippen LogP contribution in [0.1, 0.15) is 26.3 Å². The van der Waals surface area contributed by atoms with Gasteiger partial charge in [0, 0.05) is 11.6 Å². The van der Waals surface area contributed by atoms with Gasteiger partial charge in [-0.1, -0.05) is 36.4 Å². The minimum Gasteiger partial charge on any atom is -0.497 e. The second-order valence-corrected chi connectivity index (χ2v) is 9.33. The number of ether oxygens (including phenoxy) is 1. The molecule has 2 aromatic carbocycles. The maximum Gasteiger partial charge on any atom is 0.244 e. The summed E-state index contributed by atoms with van der Waals surface area (Å²) in [4.78, 5) is 12.9. The second-order valence-electron chi connectivity index (χ2n) is 7.47. The number of benzene rings is 2. The number of carbonyl (C=O) groups is 1. The molecule has 0 unspecified atom stereocenters. The van der Waals surface area contributed by atoms with Gasteiger partial charge in [-0.2, -0.15) is 0 Å². The molecule has 2 aromatic rings. The molecule has 0 aliphatic rings. The van der Waals surface area contributed by atoms with E-state index in [1.165, 1.54) is 7.11 Å².